The number of fused-ring (bicyclic) bond motifs is 1. The van der Waals surface area contributed by atoms with Crippen molar-refractivity contribution in [3.05, 3.63) is 71.2 Å². The Hall–Kier alpha value is -3.48. The van der Waals surface area contributed by atoms with Gasteiger partial charge < -0.3 is 14.3 Å². The Balaban J connectivity index is 1.29. The zero-order valence-corrected chi connectivity index (χ0v) is 17.2. The number of halogens is 1. The molecule has 31 heavy (non-hydrogen) atoms. The quantitative estimate of drug-likeness (QED) is 0.649. The van der Waals surface area contributed by atoms with Crippen molar-refractivity contribution in [2.45, 2.75) is 26.3 Å². The third-order valence-corrected chi connectivity index (χ3v) is 6.08. The van der Waals surface area contributed by atoms with Gasteiger partial charge in [0.15, 0.2) is 5.76 Å². The molecule has 1 saturated heterocycles. The van der Waals surface area contributed by atoms with Crippen LogP contribution in [0.5, 0.6) is 0 Å². The van der Waals surface area contributed by atoms with Crippen molar-refractivity contribution < 1.29 is 18.5 Å². The number of hydrogen-bond acceptors (Lipinski definition) is 4. The molecule has 2 aromatic carbocycles. The van der Waals surface area contributed by atoms with Gasteiger partial charge in [-0.25, -0.2) is 4.39 Å². The van der Waals surface area contributed by atoms with Crippen LogP contribution in [0, 0.1) is 18.7 Å². The second kappa shape index (κ2) is 7.65. The molecule has 0 saturated carbocycles. The fourth-order valence-electron chi connectivity index (χ4n) is 4.35. The lowest BCUT2D eigenvalue weighted by Gasteiger charge is -2.28. The number of hydrogen-bond donors (Lipinski definition) is 0. The van der Waals surface area contributed by atoms with Gasteiger partial charge in [-0.2, -0.15) is 0 Å². The number of rotatable bonds is 3. The second-order valence-corrected chi connectivity index (χ2v) is 8.19. The van der Waals surface area contributed by atoms with Crippen molar-refractivity contribution >= 4 is 17.5 Å². The van der Waals surface area contributed by atoms with Crippen LogP contribution in [0.3, 0.4) is 0 Å². The predicted molar refractivity (Wildman–Crippen MR) is 113 cm³/mol. The van der Waals surface area contributed by atoms with E-state index in [0.29, 0.717) is 31.8 Å². The molecule has 2 aliphatic rings. The van der Waals surface area contributed by atoms with E-state index in [4.69, 9.17) is 4.52 Å². The number of carbonyl (C=O) groups is 2. The Bertz CT molecular complexity index is 1140. The first-order valence-electron chi connectivity index (χ1n) is 10.4. The molecule has 0 bridgehead atoms. The van der Waals surface area contributed by atoms with Gasteiger partial charge in [-0.1, -0.05) is 22.9 Å². The molecule has 0 N–H and O–H groups in total. The normalized spacial score (nSPS) is 18.4. The summed E-state index contributed by atoms with van der Waals surface area (Å²) in [5.74, 6) is -0.0953. The highest BCUT2D eigenvalue weighted by atomic mass is 19.1. The summed E-state index contributed by atoms with van der Waals surface area (Å²) in [6.07, 6.45) is 0.829. The zero-order valence-electron chi connectivity index (χ0n) is 17.2. The van der Waals surface area contributed by atoms with E-state index >= 15 is 0 Å². The Morgan fingerprint density at radius 1 is 1.13 bits per heavy atom. The molecule has 1 atom stereocenters. The van der Waals surface area contributed by atoms with Crippen molar-refractivity contribution in [1.29, 1.82) is 0 Å². The van der Waals surface area contributed by atoms with Crippen molar-refractivity contribution in [3.8, 4) is 11.3 Å². The van der Waals surface area contributed by atoms with Gasteiger partial charge >= 0.3 is 0 Å². The number of nitrogens with zero attached hydrogens (tertiary/aromatic N) is 3. The molecule has 3 heterocycles. The highest BCUT2D eigenvalue weighted by Gasteiger charge is 2.38. The summed E-state index contributed by atoms with van der Waals surface area (Å²) < 4.78 is 18.7. The third-order valence-electron chi connectivity index (χ3n) is 6.08. The van der Waals surface area contributed by atoms with E-state index in [0.717, 1.165) is 28.1 Å². The first kappa shape index (κ1) is 19.5. The molecule has 1 fully saturated rings. The van der Waals surface area contributed by atoms with Crippen LogP contribution in [0.25, 0.3) is 11.3 Å². The van der Waals surface area contributed by atoms with E-state index in [1.807, 2.05) is 31.2 Å². The molecular formula is C24H22FN3O3. The SMILES string of the molecule is Cc1ccc(N2CC(C(=O)N3CCc4c(noc4-c4ccc(F)cc4)C3)CC2=O)cc1. The van der Waals surface area contributed by atoms with E-state index in [-0.39, 0.29) is 30.0 Å². The van der Waals surface area contributed by atoms with E-state index in [1.54, 1.807) is 21.9 Å². The summed E-state index contributed by atoms with van der Waals surface area (Å²) in [7, 11) is 0. The summed E-state index contributed by atoms with van der Waals surface area (Å²) in [4.78, 5) is 29.1. The molecule has 6 nitrogen and oxygen atoms in total. The fourth-order valence-corrected chi connectivity index (χ4v) is 4.35. The Morgan fingerprint density at radius 2 is 1.87 bits per heavy atom. The van der Waals surface area contributed by atoms with Crippen LogP contribution in [0.15, 0.2) is 53.1 Å². The average molecular weight is 419 g/mol. The lowest BCUT2D eigenvalue weighted by molar-refractivity contribution is -0.136. The maximum absolute atomic E-state index is 13.2. The minimum Gasteiger partial charge on any atom is -0.356 e. The summed E-state index contributed by atoms with van der Waals surface area (Å²) in [6.45, 7) is 3.28. The topological polar surface area (TPSA) is 66.7 Å². The van der Waals surface area contributed by atoms with Crippen LogP contribution in [-0.4, -0.2) is 35.0 Å². The van der Waals surface area contributed by atoms with Gasteiger partial charge in [0.2, 0.25) is 11.8 Å². The standard InChI is InChI=1S/C24H22FN3O3/c1-15-2-8-19(9-3-15)28-13-17(12-22(28)29)24(30)27-11-10-20-21(14-27)26-31-23(20)16-4-6-18(25)7-5-16/h2-9,17H,10-14H2,1H3. The molecule has 0 spiro atoms. The number of benzene rings is 2. The first-order chi connectivity index (χ1) is 15.0. The van der Waals surface area contributed by atoms with Crippen molar-refractivity contribution in [3.63, 3.8) is 0 Å². The van der Waals surface area contributed by atoms with Gasteiger partial charge in [0.25, 0.3) is 0 Å². The molecule has 2 amide bonds. The van der Waals surface area contributed by atoms with E-state index in [2.05, 4.69) is 5.16 Å². The molecular weight excluding hydrogens is 397 g/mol. The Labute approximate surface area is 179 Å². The lowest BCUT2D eigenvalue weighted by atomic mass is 9.99. The molecule has 158 valence electrons. The Kier molecular flexibility index (Phi) is 4.81. The smallest absolute Gasteiger partial charge is 0.228 e. The predicted octanol–water partition coefficient (Wildman–Crippen LogP) is 3.73. The molecule has 3 aromatic rings. The van der Waals surface area contributed by atoms with Gasteiger partial charge in [-0.3, -0.25) is 9.59 Å². The van der Waals surface area contributed by atoms with Gasteiger partial charge in [0, 0.05) is 36.3 Å². The molecule has 2 aliphatic heterocycles. The monoisotopic (exact) mass is 419 g/mol. The fraction of sp³-hybridized carbons (Fsp3) is 0.292. The molecule has 1 unspecified atom stereocenters. The van der Waals surface area contributed by atoms with Gasteiger partial charge in [-0.15, -0.1) is 0 Å². The van der Waals surface area contributed by atoms with Crippen LogP contribution >= 0.6 is 0 Å². The van der Waals surface area contributed by atoms with Gasteiger partial charge in [0.1, 0.15) is 11.5 Å². The van der Waals surface area contributed by atoms with Crippen LogP contribution in [0.2, 0.25) is 0 Å². The van der Waals surface area contributed by atoms with Crippen LogP contribution in [0.4, 0.5) is 10.1 Å². The summed E-state index contributed by atoms with van der Waals surface area (Å²) in [5.41, 5.74) is 4.40. The van der Waals surface area contributed by atoms with E-state index in [9.17, 15) is 14.0 Å². The highest BCUT2D eigenvalue weighted by molar-refractivity contribution is 6.00. The summed E-state index contributed by atoms with van der Waals surface area (Å²) >= 11 is 0. The van der Waals surface area contributed by atoms with Crippen molar-refractivity contribution in [1.82, 2.24) is 10.1 Å². The summed E-state index contributed by atoms with van der Waals surface area (Å²) in [5, 5.41) is 4.16. The second-order valence-electron chi connectivity index (χ2n) is 8.19. The molecule has 0 aliphatic carbocycles. The van der Waals surface area contributed by atoms with Crippen LogP contribution < -0.4 is 4.90 Å². The minimum atomic E-state index is -0.362. The maximum Gasteiger partial charge on any atom is 0.228 e. The number of aryl methyl sites for hydroxylation is 1. The van der Waals surface area contributed by atoms with Gasteiger partial charge in [0.05, 0.1) is 12.5 Å². The van der Waals surface area contributed by atoms with Crippen molar-refractivity contribution in [2.24, 2.45) is 5.92 Å². The number of amides is 2. The van der Waals surface area contributed by atoms with Crippen LogP contribution in [-0.2, 0) is 22.6 Å². The highest BCUT2D eigenvalue weighted by Crippen LogP contribution is 2.32. The summed E-state index contributed by atoms with van der Waals surface area (Å²) in [6, 6.07) is 13.9. The largest absolute Gasteiger partial charge is 0.356 e. The number of aromatic nitrogens is 1. The molecule has 1 aromatic heterocycles. The molecule has 7 heteroatoms. The molecule has 0 radical (unpaired) electrons. The number of anilines is 1. The molecule has 5 rings (SSSR count). The van der Waals surface area contributed by atoms with Crippen LogP contribution in [0.1, 0.15) is 23.2 Å². The van der Waals surface area contributed by atoms with Gasteiger partial charge in [-0.05, 0) is 49.7 Å². The zero-order chi connectivity index (χ0) is 21.5. The average Bonchev–Trinajstić information content (AvgIpc) is 3.38. The van der Waals surface area contributed by atoms with Crippen molar-refractivity contribution in [2.75, 3.05) is 18.0 Å². The van der Waals surface area contributed by atoms with E-state index < -0.39 is 0 Å². The lowest BCUT2D eigenvalue weighted by Crippen LogP contribution is -2.40. The Morgan fingerprint density at radius 3 is 2.61 bits per heavy atom. The van der Waals surface area contributed by atoms with E-state index in [1.165, 1.54) is 12.1 Å². The maximum atomic E-state index is 13.2. The minimum absolute atomic E-state index is 0.0278. The first-order valence-corrected chi connectivity index (χ1v) is 10.4. The number of carbonyl (C=O) groups excluding carboxylic acids is 2. The third kappa shape index (κ3) is 3.60.